The normalized spacial score (nSPS) is 17.6. The summed E-state index contributed by atoms with van der Waals surface area (Å²) in [6.45, 7) is 0.803. The van der Waals surface area contributed by atoms with Crippen molar-refractivity contribution in [1.82, 2.24) is 15.2 Å². The molecular formula is C19H27N7O2S. The van der Waals surface area contributed by atoms with Crippen LogP contribution in [0.25, 0.3) is 10.2 Å². The van der Waals surface area contributed by atoms with Gasteiger partial charge in [-0.2, -0.15) is 0 Å². The molecule has 1 aliphatic heterocycles. The van der Waals surface area contributed by atoms with Crippen LogP contribution in [-0.4, -0.2) is 59.9 Å². The highest BCUT2D eigenvalue weighted by Crippen LogP contribution is 2.25. The minimum absolute atomic E-state index is 0.164. The van der Waals surface area contributed by atoms with Crippen molar-refractivity contribution in [1.29, 1.82) is 0 Å². The van der Waals surface area contributed by atoms with Gasteiger partial charge < -0.3 is 21.7 Å². The molecule has 0 saturated carbocycles. The topological polar surface area (TPSA) is 139 Å². The number of hydrogen-bond donors (Lipinski definition) is 4. The number of rotatable bonds is 8. The summed E-state index contributed by atoms with van der Waals surface area (Å²) in [7, 11) is 1.61. The number of guanidine groups is 1. The predicted molar refractivity (Wildman–Crippen MR) is 116 cm³/mol. The number of aliphatic imine (C=N–C) groups is 1. The van der Waals surface area contributed by atoms with Gasteiger partial charge in [-0.05, 0) is 31.5 Å². The summed E-state index contributed by atoms with van der Waals surface area (Å²) in [5.41, 5.74) is 12.4. The Morgan fingerprint density at radius 3 is 2.93 bits per heavy atom. The Kier molecular flexibility index (Phi) is 7.13. The first-order chi connectivity index (χ1) is 14.0. The minimum atomic E-state index is -0.653. The van der Waals surface area contributed by atoms with Gasteiger partial charge in [-0.1, -0.05) is 29.9 Å². The van der Waals surface area contributed by atoms with Gasteiger partial charge in [-0.25, -0.2) is 9.98 Å². The van der Waals surface area contributed by atoms with Crippen LogP contribution in [0, 0.1) is 0 Å². The number of anilines is 1. The third kappa shape index (κ3) is 5.49. The van der Waals surface area contributed by atoms with Crippen LogP contribution in [-0.2, 0) is 9.59 Å². The SMILES string of the molecule is CN(C(=O)C[C@@H](N)CCCCN)C1CN=C(Nc2nc3ccccc3s2)NC1=O. The van der Waals surface area contributed by atoms with Crippen molar-refractivity contribution in [3.63, 3.8) is 0 Å². The van der Waals surface area contributed by atoms with E-state index < -0.39 is 6.04 Å². The molecule has 2 heterocycles. The van der Waals surface area contributed by atoms with Crippen LogP contribution < -0.4 is 22.1 Å². The van der Waals surface area contributed by atoms with Crippen molar-refractivity contribution in [3.8, 4) is 0 Å². The molecule has 0 radical (unpaired) electrons. The van der Waals surface area contributed by atoms with Gasteiger partial charge in [0.15, 0.2) is 5.13 Å². The molecule has 9 nitrogen and oxygen atoms in total. The molecule has 1 aromatic heterocycles. The van der Waals surface area contributed by atoms with Crippen LogP contribution in [0.3, 0.4) is 0 Å². The van der Waals surface area contributed by atoms with Crippen molar-refractivity contribution in [2.45, 2.75) is 37.8 Å². The zero-order valence-electron chi connectivity index (χ0n) is 16.4. The molecule has 1 aliphatic rings. The summed E-state index contributed by atoms with van der Waals surface area (Å²) in [4.78, 5) is 35.3. The van der Waals surface area contributed by atoms with E-state index in [9.17, 15) is 9.59 Å². The van der Waals surface area contributed by atoms with Gasteiger partial charge in [-0.15, -0.1) is 0 Å². The van der Waals surface area contributed by atoms with E-state index in [0.717, 1.165) is 29.5 Å². The molecule has 0 aliphatic carbocycles. The summed E-state index contributed by atoms with van der Waals surface area (Å²) in [5, 5.41) is 6.41. The van der Waals surface area contributed by atoms with Gasteiger partial charge in [0.2, 0.25) is 11.9 Å². The van der Waals surface area contributed by atoms with Gasteiger partial charge in [0.1, 0.15) is 6.04 Å². The average molecular weight is 418 g/mol. The fraction of sp³-hybridized carbons (Fsp3) is 0.474. The molecular weight excluding hydrogens is 390 g/mol. The van der Waals surface area contributed by atoms with Gasteiger partial charge in [-0.3, -0.25) is 14.9 Å². The Balaban J connectivity index is 1.55. The van der Waals surface area contributed by atoms with Crippen LogP contribution in [0.1, 0.15) is 25.7 Å². The second-order valence-corrected chi connectivity index (χ2v) is 8.09. The predicted octanol–water partition coefficient (Wildman–Crippen LogP) is 0.867. The number of fused-ring (bicyclic) bond motifs is 1. The zero-order valence-corrected chi connectivity index (χ0v) is 17.2. The van der Waals surface area contributed by atoms with Crippen molar-refractivity contribution >= 4 is 44.5 Å². The lowest BCUT2D eigenvalue weighted by atomic mass is 10.1. The summed E-state index contributed by atoms with van der Waals surface area (Å²) in [6.07, 6.45) is 2.72. The highest BCUT2D eigenvalue weighted by molar-refractivity contribution is 7.22. The molecule has 6 N–H and O–H groups in total. The van der Waals surface area contributed by atoms with E-state index in [4.69, 9.17) is 11.5 Å². The Hall–Kier alpha value is -2.56. The highest BCUT2D eigenvalue weighted by atomic mass is 32.1. The number of nitrogens with zero attached hydrogens (tertiary/aromatic N) is 3. The first-order valence-electron chi connectivity index (χ1n) is 9.67. The third-order valence-electron chi connectivity index (χ3n) is 4.81. The van der Waals surface area contributed by atoms with Crippen LogP contribution in [0.2, 0.25) is 0 Å². The quantitative estimate of drug-likeness (QED) is 0.470. The van der Waals surface area contributed by atoms with E-state index in [-0.39, 0.29) is 30.8 Å². The maximum absolute atomic E-state index is 12.5. The maximum Gasteiger partial charge on any atom is 0.251 e. The van der Waals surface area contributed by atoms with Gasteiger partial charge in [0, 0.05) is 19.5 Å². The number of aromatic nitrogens is 1. The Bertz CT molecular complexity index is 865. The smallest absolute Gasteiger partial charge is 0.251 e. The number of carbonyl (C=O) groups is 2. The summed E-state index contributed by atoms with van der Waals surface area (Å²) in [6, 6.07) is 6.90. The van der Waals surface area contributed by atoms with Gasteiger partial charge in [0.25, 0.3) is 5.91 Å². The number of thiazole rings is 1. The summed E-state index contributed by atoms with van der Waals surface area (Å²) >= 11 is 1.48. The number of nitrogens with one attached hydrogen (secondary N) is 2. The first kappa shape index (κ1) is 21.2. The Morgan fingerprint density at radius 2 is 2.21 bits per heavy atom. The van der Waals surface area contributed by atoms with E-state index in [0.29, 0.717) is 17.6 Å². The number of hydrogen-bond acceptors (Lipinski definition) is 8. The maximum atomic E-state index is 12.5. The van der Waals surface area contributed by atoms with E-state index >= 15 is 0 Å². The molecule has 0 fully saturated rings. The summed E-state index contributed by atoms with van der Waals surface area (Å²) < 4.78 is 1.05. The zero-order chi connectivity index (χ0) is 20.8. The molecule has 10 heteroatoms. The monoisotopic (exact) mass is 417 g/mol. The number of benzene rings is 1. The van der Waals surface area contributed by atoms with E-state index in [1.807, 2.05) is 24.3 Å². The molecule has 29 heavy (non-hydrogen) atoms. The number of amides is 2. The first-order valence-corrected chi connectivity index (χ1v) is 10.5. The van der Waals surface area contributed by atoms with Gasteiger partial charge in [0.05, 0.1) is 16.8 Å². The number of likely N-dealkylation sites (N-methyl/N-ethyl adjacent to an activating group) is 1. The van der Waals surface area contributed by atoms with Crippen LogP contribution in [0.15, 0.2) is 29.3 Å². The molecule has 2 atom stereocenters. The second-order valence-electron chi connectivity index (χ2n) is 7.06. The molecule has 2 aromatic rings. The fourth-order valence-electron chi connectivity index (χ4n) is 3.09. The summed E-state index contributed by atoms with van der Waals surface area (Å²) in [5.74, 6) is -0.107. The molecule has 0 bridgehead atoms. The van der Waals surface area contributed by atoms with E-state index in [1.54, 1.807) is 7.05 Å². The fourth-order valence-corrected chi connectivity index (χ4v) is 3.96. The van der Waals surface area contributed by atoms with Crippen molar-refractivity contribution < 1.29 is 9.59 Å². The largest absolute Gasteiger partial charge is 0.332 e. The third-order valence-corrected chi connectivity index (χ3v) is 5.76. The Labute approximate surface area is 173 Å². The minimum Gasteiger partial charge on any atom is -0.332 e. The standard InChI is InChI=1S/C19H27N7O2S/c1-26(16(27)10-12(21)6-4-5-9-20)14-11-22-18(24-17(14)28)25-19-23-13-7-2-3-8-15(13)29-19/h2-3,7-8,12,14H,4-6,9-11,20-21H2,1H3,(H2,22,23,24,25,28)/t12-,14?/m0/s1. The average Bonchev–Trinajstić information content (AvgIpc) is 3.10. The van der Waals surface area contributed by atoms with Crippen LogP contribution in [0.5, 0.6) is 0 Å². The lowest BCUT2D eigenvalue weighted by Gasteiger charge is -2.30. The lowest BCUT2D eigenvalue weighted by molar-refractivity contribution is -0.138. The second kappa shape index (κ2) is 9.77. The van der Waals surface area contributed by atoms with Gasteiger partial charge >= 0.3 is 0 Å². The van der Waals surface area contributed by atoms with Crippen LogP contribution in [0.4, 0.5) is 5.13 Å². The number of carbonyl (C=O) groups excluding carboxylic acids is 2. The van der Waals surface area contributed by atoms with Crippen molar-refractivity contribution in [2.24, 2.45) is 16.5 Å². The highest BCUT2D eigenvalue weighted by Gasteiger charge is 2.31. The van der Waals surface area contributed by atoms with Crippen LogP contribution >= 0.6 is 11.3 Å². The number of unbranched alkanes of at least 4 members (excludes halogenated alkanes) is 1. The molecule has 0 saturated heterocycles. The van der Waals surface area contributed by atoms with E-state index in [1.165, 1.54) is 16.2 Å². The molecule has 2 amide bonds. The number of nitrogens with two attached hydrogens (primary N) is 2. The molecule has 156 valence electrons. The van der Waals surface area contributed by atoms with Crippen molar-refractivity contribution in [2.75, 3.05) is 25.5 Å². The molecule has 0 spiro atoms. The number of para-hydroxylation sites is 1. The molecule has 1 aromatic carbocycles. The van der Waals surface area contributed by atoms with Crippen molar-refractivity contribution in [3.05, 3.63) is 24.3 Å². The Morgan fingerprint density at radius 1 is 1.41 bits per heavy atom. The lowest BCUT2D eigenvalue weighted by Crippen LogP contribution is -2.55. The molecule has 3 rings (SSSR count). The van der Waals surface area contributed by atoms with E-state index in [2.05, 4.69) is 20.6 Å². The molecule has 1 unspecified atom stereocenters.